The smallest absolute Gasteiger partial charge is 0.354 e. The predicted octanol–water partition coefficient (Wildman–Crippen LogP) is 1.83. The summed E-state index contributed by atoms with van der Waals surface area (Å²) in [5.74, 6) is -0.988. The Labute approximate surface area is 108 Å². The molecule has 1 aliphatic heterocycles. The van der Waals surface area contributed by atoms with Crippen molar-refractivity contribution >= 4 is 33.2 Å². The van der Waals surface area contributed by atoms with Gasteiger partial charge in [0.1, 0.15) is 0 Å². The van der Waals surface area contributed by atoms with Crippen LogP contribution < -0.4 is 4.90 Å². The minimum absolute atomic E-state index is 0.0994. The van der Waals surface area contributed by atoms with Crippen LogP contribution >= 0.6 is 11.3 Å². The molecule has 1 N–H and O–H groups in total. The molecule has 18 heavy (non-hydrogen) atoms. The summed E-state index contributed by atoms with van der Waals surface area (Å²) < 4.78 is 6.37. The Morgan fingerprint density at radius 3 is 2.94 bits per heavy atom. The normalized spacial score (nSPS) is 16.1. The second kappa shape index (κ2) is 4.55. The number of hydrogen-bond donors (Lipinski definition) is 1. The van der Waals surface area contributed by atoms with E-state index in [9.17, 15) is 4.79 Å². The monoisotopic (exact) mass is 264 g/mol. The van der Waals surface area contributed by atoms with E-state index in [-0.39, 0.29) is 5.69 Å². The molecule has 0 aliphatic carbocycles. The van der Waals surface area contributed by atoms with E-state index in [1.165, 1.54) is 0 Å². The number of morpholine rings is 1. The van der Waals surface area contributed by atoms with Gasteiger partial charge in [-0.05, 0) is 17.5 Å². The van der Waals surface area contributed by atoms with E-state index in [1.54, 1.807) is 17.4 Å². The highest BCUT2D eigenvalue weighted by Crippen LogP contribution is 2.31. The van der Waals surface area contributed by atoms with Crippen LogP contribution in [0.25, 0.3) is 10.2 Å². The predicted molar refractivity (Wildman–Crippen MR) is 69.6 cm³/mol. The molecule has 0 aromatic carbocycles. The Kier molecular flexibility index (Phi) is 2.89. The van der Waals surface area contributed by atoms with Crippen LogP contribution in [0.3, 0.4) is 0 Å². The molecule has 0 atom stereocenters. The van der Waals surface area contributed by atoms with E-state index in [2.05, 4.69) is 9.88 Å². The van der Waals surface area contributed by atoms with Crippen molar-refractivity contribution in [3.8, 4) is 0 Å². The second-order valence-electron chi connectivity index (χ2n) is 4.07. The molecule has 2 aromatic heterocycles. The average molecular weight is 264 g/mol. The number of aromatic nitrogens is 1. The first-order valence-electron chi connectivity index (χ1n) is 5.70. The van der Waals surface area contributed by atoms with Crippen molar-refractivity contribution in [3.05, 3.63) is 23.2 Å². The van der Waals surface area contributed by atoms with Crippen LogP contribution in [0.2, 0.25) is 0 Å². The molecule has 94 valence electrons. The molecule has 0 saturated carbocycles. The van der Waals surface area contributed by atoms with Gasteiger partial charge in [-0.2, -0.15) is 0 Å². The molecule has 1 saturated heterocycles. The van der Waals surface area contributed by atoms with Gasteiger partial charge in [0, 0.05) is 13.1 Å². The van der Waals surface area contributed by atoms with Crippen molar-refractivity contribution < 1.29 is 14.6 Å². The molecule has 5 nitrogen and oxygen atoms in total. The lowest BCUT2D eigenvalue weighted by atomic mass is 10.2. The molecule has 1 fully saturated rings. The number of fused-ring (bicyclic) bond motifs is 1. The Hall–Kier alpha value is -1.66. The first-order chi connectivity index (χ1) is 8.75. The van der Waals surface area contributed by atoms with Crippen LogP contribution in [0.1, 0.15) is 10.5 Å². The first kappa shape index (κ1) is 11.4. The molecule has 2 aromatic rings. The Morgan fingerprint density at radius 1 is 1.44 bits per heavy atom. The zero-order chi connectivity index (χ0) is 12.5. The second-order valence-corrected chi connectivity index (χ2v) is 4.98. The van der Waals surface area contributed by atoms with Crippen molar-refractivity contribution in [1.29, 1.82) is 0 Å². The molecule has 0 bridgehead atoms. The van der Waals surface area contributed by atoms with Crippen molar-refractivity contribution in [1.82, 2.24) is 4.98 Å². The van der Waals surface area contributed by atoms with Crippen LogP contribution in [-0.2, 0) is 4.74 Å². The van der Waals surface area contributed by atoms with Gasteiger partial charge in [0.2, 0.25) is 0 Å². The van der Waals surface area contributed by atoms with Gasteiger partial charge < -0.3 is 14.7 Å². The number of nitrogens with zero attached hydrogens (tertiary/aromatic N) is 2. The molecule has 0 amide bonds. The van der Waals surface area contributed by atoms with Crippen molar-refractivity contribution in [2.24, 2.45) is 0 Å². The lowest BCUT2D eigenvalue weighted by Gasteiger charge is -2.29. The number of rotatable bonds is 2. The summed E-state index contributed by atoms with van der Waals surface area (Å²) in [6, 6.07) is 3.52. The summed E-state index contributed by atoms with van der Waals surface area (Å²) in [7, 11) is 0. The summed E-state index contributed by atoms with van der Waals surface area (Å²) >= 11 is 1.59. The van der Waals surface area contributed by atoms with Crippen molar-refractivity contribution in [3.63, 3.8) is 0 Å². The number of carboxylic acid groups (broad SMARTS) is 1. The lowest BCUT2D eigenvalue weighted by molar-refractivity contribution is 0.0691. The number of carbonyl (C=O) groups is 1. The summed E-state index contributed by atoms with van der Waals surface area (Å²) in [6.07, 6.45) is 0. The van der Waals surface area contributed by atoms with Gasteiger partial charge in [-0.15, -0.1) is 11.3 Å². The van der Waals surface area contributed by atoms with E-state index < -0.39 is 5.97 Å². The molecule has 6 heteroatoms. The lowest BCUT2D eigenvalue weighted by Crippen LogP contribution is -2.36. The first-order valence-corrected chi connectivity index (χ1v) is 6.58. The SMILES string of the molecule is O=C(O)c1cc(N2CCOCC2)c2sccc2n1. The van der Waals surface area contributed by atoms with Gasteiger partial charge >= 0.3 is 5.97 Å². The van der Waals surface area contributed by atoms with Crippen LogP contribution in [0.4, 0.5) is 5.69 Å². The highest BCUT2D eigenvalue weighted by atomic mass is 32.1. The molecular formula is C12H12N2O3S. The number of carboxylic acids is 1. The largest absolute Gasteiger partial charge is 0.477 e. The maximum absolute atomic E-state index is 11.1. The van der Waals surface area contributed by atoms with Gasteiger partial charge in [-0.25, -0.2) is 9.78 Å². The van der Waals surface area contributed by atoms with E-state index in [0.29, 0.717) is 13.2 Å². The molecule has 3 rings (SSSR count). The van der Waals surface area contributed by atoms with Gasteiger partial charge in [-0.3, -0.25) is 0 Å². The summed E-state index contributed by atoms with van der Waals surface area (Å²) in [4.78, 5) is 17.4. The van der Waals surface area contributed by atoms with Crippen LogP contribution in [-0.4, -0.2) is 42.4 Å². The Morgan fingerprint density at radius 2 is 2.22 bits per heavy atom. The van der Waals surface area contributed by atoms with Gasteiger partial charge in [-0.1, -0.05) is 0 Å². The van der Waals surface area contributed by atoms with E-state index in [1.807, 2.05) is 11.4 Å². The number of ether oxygens (including phenoxy) is 1. The summed E-state index contributed by atoms with van der Waals surface area (Å²) in [6.45, 7) is 2.93. The quantitative estimate of drug-likeness (QED) is 0.896. The highest BCUT2D eigenvalue weighted by molar-refractivity contribution is 7.17. The van der Waals surface area contributed by atoms with Gasteiger partial charge in [0.05, 0.1) is 29.1 Å². The Balaban J connectivity index is 2.12. The van der Waals surface area contributed by atoms with Crippen molar-refractivity contribution in [2.45, 2.75) is 0 Å². The number of anilines is 1. The van der Waals surface area contributed by atoms with Gasteiger partial charge in [0.25, 0.3) is 0 Å². The van der Waals surface area contributed by atoms with Gasteiger partial charge in [0.15, 0.2) is 5.69 Å². The standard InChI is InChI=1S/C12H12N2O3S/c15-12(16)9-7-10(14-2-4-17-5-3-14)11-8(13-9)1-6-18-11/h1,6-7H,2-5H2,(H,15,16). The molecular weight excluding hydrogens is 252 g/mol. The number of aromatic carboxylic acids is 1. The van der Waals surface area contributed by atoms with Crippen LogP contribution in [0.5, 0.6) is 0 Å². The molecule has 1 aliphatic rings. The Bertz CT molecular complexity index is 590. The average Bonchev–Trinajstić information content (AvgIpc) is 2.86. The van der Waals surface area contributed by atoms with E-state index in [4.69, 9.17) is 9.84 Å². The van der Waals surface area contributed by atoms with Crippen LogP contribution in [0, 0.1) is 0 Å². The number of pyridine rings is 1. The van der Waals surface area contributed by atoms with Crippen molar-refractivity contribution in [2.75, 3.05) is 31.2 Å². The molecule has 0 spiro atoms. The summed E-state index contributed by atoms with van der Waals surface area (Å²) in [5, 5.41) is 11.0. The third-order valence-electron chi connectivity index (χ3n) is 2.96. The fourth-order valence-electron chi connectivity index (χ4n) is 2.09. The maximum Gasteiger partial charge on any atom is 0.354 e. The molecule has 0 unspecified atom stereocenters. The van der Waals surface area contributed by atoms with E-state index in [0.717, 1.165) is 29.0 Å². The molecule has 3 heterocycles. The van der Waals surface area contributed by atoms with E-state index >= 15 is 0 Å². The third kappa shape index (κ3) is 1.93. The summed E-state index contributed by atoms with van der Waals surface area (Å²) in [5.41, 5.74) is 1.81. The topological polar surface area (TPSA) is 62.7 Å². The minimum atomic E-state index is -0.988. The minimum Gasteiger partial charge on any atom is -0.477 e. The maximum atomic E-state index is 11.1. The zero-order valence-corrected chi connectivity index (χ0v) is 10.4. The highest BCUT2D eigenvalue weighted by Gasteiger charge is 2.18. The fourth-order valence-corrected chi connectivity index (χ4v) is 2.96. The fraction of sp³-hybridized carbons (Fsp3) is 0.333. The third-order valence-corrected chi connectivity index (χ3v) is 3.89. The number of thiophene rings is 1. The van der Waals surface area contributed by atoms with Crippen LogP contribution in [0.15, 0.2) is 17.5 Å². The molecule has 0 radical (unpaired) electrons. The zero-order valence-electron chi connectivity index (χ0n) is 9.63. The number of hydrogen-bond acceptors (Lipinski definition) is 5.